The standard InChI is InChI=1S/C18H21N3O2/c1-19-14-8-11-21(12-9-14)18(22)16-6-2-3-7-17(16)23-15-5-4-10-20-13-15/h2-7,10,13-14,19H,8-9,11-12H2,1H3. The van der Waals surface area contributed by atoms with Gasteiger partial charge < -0.3 is 15.0 Å². The van der Waals surface area contributed by atoms with Crippen molar-refractivity contribution in [1.29, 1.82) is 0 Å². The average molecular weight is 311 g/mol. The molecule has 0 atom stereocenters. The van der Waals surface area contributed by atoms with Crippen LogP contribution in [0, 0.1) is 0 Å². The predicted molar refractivity (Wildman–Crippen MR) is 88.7 cm³/mol. The number of likely N-dealkylation sites (tertiary alicyclic amines) is 1. The highest BCUT2D eigenvalue weighted by molar-refractivity contribution is 5.97. The van der Waals surface area contributed by atoms with Gasteiger partial charge in [0, 0.05) is 25.3 Å². The highest BCUT2D eigenvalue weighted by Gasteiger charge is 2.24. The number of amides is 1. The Balaban J connectivity index is 1.76. The second kappa shape index (κ2) is 7.24. The van der Waals surface area contributed by atoms with Crippen LogP contribution in [0.15, 0.2) is 48.8 Å². The number of aromatic nitrogens is 1. The number of benzene rings is 1. The number of carbonyl (C=O) groups is 1. The molecule has 1 aromatic carbocycles. The van der Waals surface area contributed by atoms with Gasteiger partial charge in [-0.05, 0) is 44.2 Å². The van der Waals surface area contributed by atoms with Gasteiger partial charge in [0.2, 0.25) is 0 Å². The van der Waals surface area contributed by atoms with Crippen molar-refractivity contribution in [3.05, 3.63) is 54.4 Å². The summed E-state index contributed by atoms with van der Waals surface area (Å²) in [7, 11) is 1.97. The van der Waals surface area contributed by atoms with Crippen molar-refractivity contribution in [3.63, 3.8) is 0 Å². The first-order valence-electron chi connectivity index (χ1n) is 7.91. The summed E-state index contributed by atoms with van der Waals surface area (Å²) in [5.74, 6) is 1.22. The third-order valence-corrected chi connectivity index (χ3v) is 4.17. The second-order valence-electron chi connectivity index (χ2n) is 5.64. The van der Waals surface area contributed by atoms with Gasteiger partial charge in [-0.25, -0.2) is 0 Å². The molecule has 0 spiro atoms. The molecule has 5 nitrogen and oxygen atoms in total. The minimum absolute atomic E-state index is 0.0269. The van der Waals surface area contributed by atoms with E-state index in [1.807, 2.05) is 48.3 Å². The van der Waals surface area contributed by atoms with Gasteiger partial charge >= 0.3 is 0 Å². The number of nitrogens with zero attached hydrogens (tertiary/aromatic N) is 2. The van der Waals surface area contributed by atoms with Crippen LogP contribution in [-0.4, -0.2) is 42.0 Å². The fourth-order valence-electron chi connectivity index (χ4n) is 2.81. The quantitative estimate of drug-likeness (QED) is 0.943. The first-order valence-corrected chi connectivity index (χ1v) is 7.91. The van der Waals surface area contributed by atoms with E-state index < -0.39 is 0 Å². The molecule has 0 radical (unpaired) electrons. The van der Waals surface area contributed by atoms with E-state index in [-0.39, 0.29) is 5.91 Å². The summed E-state index contributed by atoms with van der Waals surface area (Å²) < 4.78 is 5.84. The Kier molecular flexibility index (Phi) is 4.88. The van der Waals surface area contributed by atoms with Crippen molar-refractivity contribution in [2.24, 2.45) is 0 Å². The Morgan fingerprint density at radius 2 is 2.00 bits per heavy atom. The zero-order valence-corrected chi connectivity index (χ0v) is 13.2. The van der Waals surface area contributed by atoms with Crippen LogP contribution in [0.2, 0.25) is 0 Å². The van der Waals surface area contributed by atoms with E-state index in [9.17, 15) is 4.79 Å². The molecule has 23 heavy (non-hydrogen) atoms. The average Bonchev–Trinajstić information content (AvgIpc) is 2.62. The molecule has 2 aromatic rings. The lowest BCUT2D eigenvalue weighted by Crippen LogP contribution is -2.44. The summed E-state index contributed by atoms with van der Waals surface area (Å²) >= 11 is 0. The van der Waals surface area contributed by atoms with Crippen LogP contribution in [0.1, 0.15) is 23.2 Å². The summed E-state index contributed by atoms with van der Waals surface area (Å²) in [5.41, 5.74) is 0.597. The Hall–Kier alpha value is -2.40. The first-order chi connectivity index (χ1) is 11.3. The summed E-state index contributed by atoms with van der Waals surface area (Å²) in [6.45, 7) is 1.54. The molecular formula is C18H21N3O2. The lowest BCUT2D eigenvalue weighted by molar-refractivity contribution is 0.0704. The SMILES string of the molecule is CNC1CCN(C(=O)c2ccccc2Oc2cccnc2)CC1. The number of hydrogen-bond donors (Lipinski definition) is 1. The largest absolute Gasteiger partial charge is 0.455 e. The molecule has 3 rings (SSSR count). The van der Waals surface area contributed by atoms with Gasteiger partial charge in [0.15, 0.2) is 0 Å². The third-order valence-electron chi connectivity index (χ3n) is 4.17. The van der Waals surface area contributed by atoms with Crippen LogP contribution in [0.5, 0.6) is 11.5 Å². The highest BCUT2D eigenvalue weighted by atomic mass is 16.5. The highest BCUT2D eigenvalue weighted by Crippen LogP contribution is 2.26. The van der Waals surface area contributed by atoms with E-state index in [2.05, 4.69) is 10.3 Å². The lowest BCUT2D eigenvalue weighted by Gasteiger charge is -2.32. The Morgan fingerprint density at radius 3 is 2.70 bits per heavy atom. The molecule has 1 aromatic heterocycles. The Labute approximate surface area is 136 Å². The molecule has 1 aliphatic rings. The maximum Gasteiger partial charge on any atom is 0.257 e. The first kappa shape index (κ1) is 15.5. The fraction of sp³-hybridized carbons (Fsp3) is 0.333. The number of carbonyl (C=O) groups excluding carboxylic acids is 1. The molecule has 120 valence electrons. The van der Waals surface area contributed by atoms with Crippen molar-refractivity contribution in [2.75, 3.05) is 20.1 Å². The minimum atomic E-state index is 0.0269. The molecule has 0 saturated carbocycles. The Morgan fingerprint density at radius 1 is 1.22 bits per heavy atom. The number of piperidine rings is 1. The van der Waals surface area contributed by atoms with Gasteiger partial charge in [-0.3, -0.25) is 9.78 Å². The summed E-state index contributed by atoms with van der Waals surface area (Å²) in [4.78, 5) is 18.8. The molecule has 5 heteroatoms. The van der Waals surface area contributed by atoms with Gasteiger partial charge in [0.05, 0.1) is 11.8 Å². The van der Waals surface area contributed by atoms with Gasteiger partial charge in [-0.15, -0.1) is 0 Å². The predicted octanol–water partition coefficient (Wildman–Crippen LogP) is 2.70. The zero-order chi connectivity index (χ0) is 16.1. The van der Waals surface area contributed by atoms with Crippen LogP contribution < -0.4 is 10.1 Å². The van der Waals surface area contributed by atoms with Crippen molar-refractivity contribution in [3.8, 4) is 11.5 Å². The number of ether oxygens (including phenoxy) is 1. The van der Waals surface area contributed by atoms with Crippen LogP contribution in [0.3, 0.4) is 0 Å². The normalized spacial score (nSPS) is 15.4. The molecule has 1 amide bonds. The van der Waals surface area contributed by atoms with Crippen molar-refractivity contribution in [1.82, 2.24) is 15.2 Å². The monoisotopic (exact) mass is 311 g/mol. The number of hydrogen-bond acceptors (Lipinski definition) is 4. The summed E-state index contributed by atoms with van der Waals surface area (Å²) in [6.07, 6.45) is 5.29. The summed E-state index contributed by atoms with van der Waals surface area (Å²) in [6, 6.07) is 11.5. The minimum Gasteiger partial charge on any atom is -0.455 e. The van der Waals surface area contributed by atoms with Crippen LogP contribution in [0.4, 0.5) is 0 Å². The van der Waals surface area contributed by atoms with E-state index >= 15 is 0 Å². The molecule has 0 aliphatic carbocycles. The molecule has 2 heterocycles. The van der Waals surface area contributed by atoms with E-state index in [0.29, 0.717) is 23.1 Å². The maximum absolute atomic E-state index is 12.8. The smallest absolute Gasteiger partial charge is 0.257 e. The van der Waals surface area contributed by atoms with Crippen LogP contribution >= 0.6 is 0 Å². The van der Waals surface area contributed by atoms with E-state index in [4.69, 9.17) is 4.74 Å². The van der Waals surface area contributed by atoms with E-state index in [1.165, 1.54) is 0 Å². The molecule has 1 fully saturated rings. The van der Waals surface area contributed by atoms with Crippen molar-refractivity contribution in [2.45, 2.75) is 18.9 Å². The molecule has 1 aliphatic heterocycles. The van der Waals surface area contributed by atoms with Crippen molar-refractivity contribution >= 4 is 5.91 Å². The number of rotatable bonds is 4. The second-order valence-corrected chi connectivity index (χ2v) is 5.64. The van der Waals surface area contributed by atoms with Gasteiger partial charge in [-0.1, -0.05) is 12.1 Å². The number of para-hydroxylation sites is 1. The number of pyridine rings is 1. The van der Waals surface area contributed by atoms with E-state index in [0.717, 1.165) is 25.9 Å². The zero-order valence-electron chi connectivity index (χ0n) is 13.2. The molecule has 0 unspecified atom stereocenters. The number of nitrogens with one attached hydrogen (secondary N) is 1. The van der Waals surface area contributed by atoms with Gasteiger partial charge in [-0.2, -0.15) is 0 Å². The van der Waals surface area contributed by atoms with Crippen LogP contribution in [0.25, 0.3) is 0 Å². The molecule has 1 saturated heterocycles. The fourth-order valence-corrected chi connectivity index (χ4v) is 2.81. The summed E-state index contributed by atoms with van der Waals surface area (Å²) in [5, 5.41) is 3.28. The lowest BCUT2D eigenvalue weighted by atomic mass is 10.0. The Bertz CT molecular complexity index is 652. The topological polar surface area (TPSA) is 54.5 Å². The van der Waals surface area contributed by atoms with Gasteiger partial charge in [0.1, 0.15) is 11.5 Å². The molecule has 0 bridgehead atoms. The third kappa shape index (κ3) is 3.68. The molecule has 1 N–H and O–H groups in total. The van der Waals surface area contributed by atoms with Gasteiger partial charge in [0.25, 0.3) is 5.91 Å². The van der Waals surface area contributed by atoms with E-state index in [1.54, 1.807) is 12.4 Å². The maximum atomic E-state index is 12.8. The molecular weight excluding hydrogens is 290 g/mol. The van der Waals surface area contributed by atoms with Crippen molar-refractivity contribution < 1.29 is 9.53 Å². The van der Waals surface area contributed by atoms with Crippen LogP contribution in [-0.2, 0) is 0 Å².